The van der Waals surface area contributed by atoms with E-state index >= 15 is 0 Å². The second-order valence-electron chi connectivity index (χ2n) is 8.13. The summed E-state index contributed by atoms with van der Waals surface area (Å²) in [5, 5.41) is 3.30. The number of aromatic nitrogens is 1. The smallest absolute Gasteiger partial charge is 0.226 e. The van der Waals surface area contributed by atoms with Gasteiger partial charge in [0.25, 0.3) is 0 Å². The highest BCUT2D eigenvalue weighted by molar-refractivity contribution is 5.81. The van der Waals surface area contributed by atoms with Crippen LogP contribution in [0.3, 0.4) is 0 Å². The van der Waals surface area contributed by atoms with Crippen LogP contribution in [0, 0.1) is 5.92 Å². The summed E-state index contributed by atoms with van der Waals surface area (Å²) in [4.78, 5) is 20.0. The van der Waals surface area contributed by atoms with Gasteiger partial charge in [-0.3, -0.25) is 14.7 Å². The molecule has 1 aromatic rings. The van der Waals surface area contributed by atoms with Crippen molar-refractivity contribution in [2.75, 3.05) is 13.1 Å². The van der Waals surface area contributed by atoms with E-state index in [-0.39, 0.29) is 23.4 Å². The second kappa shape index (κ2) is 7.04. The van der Waals surface area contributed by atoms with Crippen LogP contribution in [0.15, 0.2) is 24.4 Å². The predicted molar refractivity (Wildman–Crippen MR) is 97.8 cm³/mol. The first-order chi connectivity index (χ1) is 12.2. The van der Waals surface area contributed by atoms with Crippen molar-refractivity contribution in [3.8, 4) is 0 Å². The monoisotopic (exact) mass is 342 g/mol. The molecule has 1 saturated heterocycles. The fourth-order valence-corrected chi connectivity index (χ4v) is 4.60. The van der Waals surface area contributed by atoms with Gasteiger partial charge in [-0.2, -0.15) is 0 Å². The number of hydrogen-bond donors (Lipinski definition) is 2. The number of hydrogen-bond acceptors (Lipinski definition) is 4. The van der Waals surface area contributed by atoms with Crippen molar-refractivity contribution in [3.63, 3.8) is 0 Å². The molecule has 0 spiro atoms. The first kappa shape index (κ1) is 17.0. The maximum Gasteiger partial charge on any atom is 0.226 e. The fraction of sp³-hybridized carbons (Fsp3) is 0.700. The van der Waals surface area contributed by atoms with Crippen molar-refractivity contribution in [1.82, 2.24) is 15.2 Å². The number of carbonyl (C=O) groups excluding carboxylic acids is 1. The first-order valence-corrected chi connectivity index (χ1v) is 9.91. The SMILES string of the molecule is N[C@@H]1CCN(C2CCCCC2)C[C@H]1C(=O)NC1(c2ccccn2)CC1. The van der Waals surface area contributed by atoms with E-state index in [0.29, 0.717) is 6.04 Å². The van der Waals surface area contributed by atoms with E-state index in [1.165, 1.54) is 32.1 Å². The molecular formula is C20H30N4O. The quantitative estimate of drug-likeness (QED) is 0.880. The number of carbonyl (C=O) groups is 1. The van der Waals surface area contributed by atoms with E-state index in [2.05, 4.69) is 15.2 Å². The van der Waals surface area contributed by atoms with Gasteiger partial charge in [0, 0.05) is 24.8 Å². The van der Waals surface area contributed by atoms with Crippen molar-refractivity contribution in [2.45, 2.75) is 69.0 Å². The summed E-state index contributed by atoms with van der Waals surface area (Å²) < 4.78 is 0. The third-order valence-corrected chi connectivity index (χ3v) is 6.39. The molecule has 0 bridgehead atoms. The second-order valence-corrected chi connectivity index (χ2v) is 8.13. The molecule has 3 aliphatic rings. The number of pyridine rings is 1. The Bertz CT molecular complexity index is 595. The minimum Gasteiger partial charge on any atom is -0.345 e. The number of amides is 1. The van der Waals surface area contributed by atoms with Crippen LogP contribution in [0.4, 0.5) is 0 Å². The standard InChI is InChI=1S/C20H30N4O/c21-17-9-13-24(15-6-2-1-3-7-15)14-16(17)19(25)23-20(10-11-20)18-8-4-5-12-22-18/h4-5,8,12,15-17H,1-3,6-7,9-11,13-14,21H2,(H,23,25)/t16-,17-/m1/s1. The Morgan fingerprint density at radius 3 is 2.68 bits per heavy atom. The largest absolute Gasteiger partial charge is 0.345 e. The molecule has 2 heterocycles. The molecule has 136 valence electrons. The molecule has 0 radical (unpaired) electrons. The Labute approximate surface area is 150 Å². The van der Waals surface area contributed by atoms with Crippen LogP contribution in [-0.2, 0) is 10.3 Å². The van der Waals surface area contributed by atoms with E-state index in [1.54, 1.807) is 6.20 Å². The average Bonchev–Trinajstić information content (AvgIpc) is 3.44. The summed E-state index contributed by atoms with van der Waals surface area (Å²) in [5.74, 6) is 0.0213. The van der Waals surface area contributed by atoms with Gasteiger partial charge in [0.05, 0.1) is 17.2 Å². The third-order valence-electron chi connectivity index (χ3n) is 6.39. The number of nitrogens with one attached hydrogen (secondary N) is 1. The van der Waals surface area contributed by atoms with Crippen LogP contribution in [0.1, 0.15) is 57.1 Å². The van der Waals surface area contributed by atoms with E-state index in [0.717, 1.165) is 38.0 Å². The summed E-state index contributed by atoms with van der Waals surface area (Å²) in [6, 6.07) is 6.55. The molecule has 1 amide bonds. The lowest BCUT2D eigenvalue weighted by atomic mass is 9.87. The molecule has 4 rings (SSSR count). The van der Waals surface area contributed by atoms with Gasteiger partial charge in [-0.25, -0.2) is 0 Å². The van der Waals surface area contributed by atoms with Crippen LogP contribution < -0.4 is 11.1 Å². The highest BCUT2D eigenvalue weighted by Crippen LogP contribution is 2.44. The number of piperidine rings is 1. The summed E-state index contributed by atoms with van der Waals surface area (Å²) in [7, 11) is 0. The summed E-state index contributed by atoms with van der Waals surface area (Å²) >= 11 is 0. The van der Waals surface area contributed by atoms with Crippen molar-refractivity contribution in [3.05, 3.63) is 30.1 Å². The topological polar surface area (TPSA) is 71.2 Å². The zero-order valence-corrected chi connectivity index (χ0v) is 15.0. The molecule has 1 aliphatic heterocycles. The summed E-state index contributed by atoms with van der Waals surface area (Å²) in [6.07, 6.45) is 11.3. The summed E-state index contributed by atoms with van der Waals surface area (Å²) in [5.41, 5.74) is 7.08. The van der Waals surface area contributed by atoms with Crippen molar-refractivity contribution in [1.29, 1.82) is 0 Å². The zero-order chi connectivity index (χ0) is 17.3. The molecule has 3 N–H and O–H groups in total. The van der Waals surface area contributed by atoms with Crippen LogP contribution in [0.25, 0.3) is 0 Å². The first-order valence-electron chi connectivity index (χ1n) is 9.91. The molecular weight excluding hydrogens is 312 g/mol. The zero-order valence-electron chi connectivity index (χ0n) is 15.0. The molecule has 25 heavy (non-hydrogen) atoms. The Hall–Kier alpha value is -1.46. The van der Waals surface area contributed by atoms with E-state index in [9.17, 15) is 4.79 Å². The van der Waals surface area contributed by atoms with Crippen LogP contribution in [0.2, 0.25) is 0 Å². The van der Waals surface area contributed by atoms with Gasteiger partial charge in [0.15, 0.2) is 0 Å². The van der Waals surface area contributed by atoms with Crippen molar-refractivity contribution >= 4 is 5.91 Å². The van der Waals surface area contributed by atoms with Crippen molar-refractivity contribution in [2.24, 2.45) is 11.7 Å². The number of nitrogens with two attached hydrogens (primary N) is 1. The normalized spacial score (nSPS) is 30.0. The van der Waals surface area contributed by atoms with Gasteiger partial charge in [0.2, 0.25) is 5.91 Å². The molecule has 1 aromatic heterocycles. The molecule has 2 saturated carbocycles. The molecule has 0 unspecified atom stereocenters. The van der Waals surface area contributed by atoms with Crippen LogP contribution in [-0.4, -0.2) is 41.0 Å². The van der Waals surface area contributed by atoms with Crippen molar-refractivity contribution < 1.29 is 4.79 Å². The highest BCUT2D eigenvalue weighted by Gasteiger charge is 2.48. The number of rotatable bonds is 4. The van der Waals surface area contributed by atoms with Gasteiger partial charge in [-0.05, 0) is 50.8 Å². The molecule has 2 atom stereocenters. The van der Waals surface area contributed by atoms with Gasteiger partial charge in [-0.15, -0.1) is 0 Å². The van der Waals surface area contributed by atoms with Gasteiger partial charge in [0.1, 0.15) is 0 Å². The molecule has 5 nitrogen and oxygen atoms in total. The third kappa shape index (κ3) is 3.58. The molecule has 2 aliphatic carbocycles. The number of likely N-dealkylation sites (tertiary alicyclic amines) is 1. The fourth-order valence-electron chi connectivity index (χ4n) is 4.60. The maximum atomic E-state index is 13.0. The minimum absolute atomic E-state index is 0.0284. The Kier molecular flexibility index (Phi) is 4.78. The van der Waals surface area contributed by atoms with Gasteiger partial charge in [-0.1, -0.05) is 25.3 Å². The van der Waals surface area contributed by atoms with E-state index in [4.69, 9.17) is 5.73 Å². The van der Waals surface area contributed by atoms with Crippen LogP contribution >= 0.6 is 0 Å². The minimum atomic E-state index is -0.245. The lowest BCUT2D eigenvalue weighted by Crippen LogP contribution is -2.56. The van der Waals surface area contributed by atoms with Crippen LogP contribution in [0.5, 0.6) is 0 Å². The molecule has 5 heteroatoms. The predicted octanol–water partition coefficient (Wildman–Crippen LogP) is 2.17. The van der Waals surface area contributed by atoms with E-state index < -0.39 is 0 Å². The molecule has 0 aromatic carbocycles. The Morgan fingerprint density at radius 1 is 1.20 bits per heavy atom. The van der Waals surface area contributed by atoms with Gasteiger partial charge >= 0.3 is 0 Å². The Balaban J connectivity index is 1.42. The number of nitrogens with zero attached hydrogens (tertiary/aromatic N) is 2. The van der Waals surface area contributed by atoms with E-state index in [1.807, 2.05) is 18.2 Å². The highest BCUT2D eigenvalue weighted by atomic mass is 16.2. The van der Waals surface area contributed by atoms with Gasteiger partial charge < -0.3 is 11.1 Å². The molecule has 3 fully saturated rings. The summed E-state index contributed by atoms with van der Waals surface area (Å²) in [6.45, 7) is 1.86. The lowest BCUT2D eigenvalue weighted by Gasteiger charge is -2.42. The lowest BCUT2D eigenvalue weighted by molar-refractivity contribution is -0.129. The maximum absolute atomic E-state index is 13.0. The average molecular weight is 342 g/mol. The Morgan fingerprint density at radius 2 is 2.00 bits per heavy atom.